The fraction of sp³-hybridized carbons (Fsp3) is 0.257. The molecule has 0 bridgehead atoms. The minimum atomic E-state index is -4.75. The molecule has 0 saturated heterocycles. The summed E-state index contributed by atoms with van der Waals surface area (Å²) in [4.78, 5) is 29.2. The van der Waals surface area contributed by atoms with Crippen LogP contribution >= 0.6 is 0 Å². The summed E-state index contributed by atoms with van der Waals surface area (Å²) in [6, 6.07) is 26.4. The standard InChI is InChI=1S/C35H36F3N3O4S/c1-3-20-39-34(43)32(22-27-13-6-4-7-14-27)40(24-28-15-10-12-26(2)21-28)33(42)25-41(46(44,45)31-18-8-5-9-19-31)30-17-11-16-29(23-30)35(36,37)38/h4-19,21,23,32H,3,20,22,24-25H2,1-2H3,(H,39,43). The Hall–Kier alpha value is -4.64. The van der Waals surface area contributed by atoms with Gasteiger partial charge in [-0.15, -0.1) is 0 Å². The number of nitrogens with zero attached hydrogens (tertiary/aromatic N) is 2. The Kier molecular flexibility index (Phi) is 11.2. The Labute approximate surface area is 267 Å². The molecule has 0 aromatic heterocycles. The number of sulfonamides is 1. The molecule has 1 N–H and O–H groups in total. The van der Waals surface area contributed by atoms with E-state index in [0.717, 1.165) is 23.3 Å². The Morgan fingerprint density at radius 2 is 1.46 bits per heavy atom. The number of carbonyl (C=O) groups excluding carboxylic acids is 2. The molecule has 0 saturated carbocycles. The van der Waals surface area contributed by atoms with Crippen LogP contribution in [0.5, 0.6) is 0 Å². The lowest BCUT2D eigenvalue weighted by Crippen LogP contribution is -2.53. The molecule has 0 aliphatic rings. The second-order valence-electron chi connectivity index (χ2n) is 10.9. The molecule has 11 heteroatoms. The minimum Gasteiger partial charge on any atom is -0.354 e. The Bertz CT molecular complexity index is 1730. The first-order chi connectivity index (χ1) is 21.9. The summed E-state index contributed by atoms with van der Waals surface area (Å²) in [5.41, 5.74) is 0.983. The summed E-state index contributed by atoms with van der Waals surface area (Å²) < 4.78 is 69.8. The molecular weight excluding hydrogens is 615 g/mol. The summed E-state index contributed by atoms with van der Waals surface area (Å²) in [7, 11) is -4.53. The summed E-state index contributed by atoms with van der Waals surface area (Å²) >= 11 is 0. The van der Waals surface area contributed by atoms with Gasteiger partial charge in [0.15, 0.2) is 0 Å². The van der Waals surface area contributed by atoms with Crippen molar-refractivity contribution in [1.82, 2.24) is 10.2 Å². The van der Waals surface area contributed by atoms with Crippen molar-refractivity contribution in [2.45, 2.75) is 50.3 Å². The second kappa shape index (κ2) is 15.1. The van der Waals surface area contributed by atoms with E-state index in [4.69, 9.17) is 0 Å². The molecule has 242 valence electrons. The summed E-state index contributed by atoms with van der Waals surface area (Å²) in [5.74, 6) is -1.19. The van der Waals surface area contributed by atoms with Gasteiger partial charge in [0.25, 0.3) is 10.0 Å². The van der Waals surface area contributed by atoms with E-state index in [-0.39, 0.29) is 23.5 Å². The van der Waals surface area contributed by atoms with Gasteiger partial charge in [-0.2, -0.15) is 13.2 Å². The number of benzene rings is 4. The first-order valence-corrected chi connectivity index (χ1v) is 16.3. The Morgan fingerprint density at radius 1 is 0.826 bits per heavy atom. The van der Waals surface area contributed by atoms with Gasteiger partial charge < -0.3 is 10.2 Å². The molecule has 1 unspecified atom stereocenters. The lowest BCUT2D eigenvalue weighted by molar-refractivity contribution is -0.140. The van der Waals surface area contributed by atoms with Crippen molar-refractivity contribution in [3.8, 4) is 0 Å². The highest BCUT2D eigenvalue weighted by Crippen LogP contribution is 2.33. The quantitative estimate of drug-likeness (QED) is 0.182. The van der Waals surface area contributed by atoms with Crippen molar-refractivity contribution in [1.29, 1.82) is 0 Å². The smallest absolute Gasteiger partial charge is 0.354 e. The molecule has 2 amide bonds. The van der Waals surface area contributed by atoms with Gasteiger partial charge >= 0.3 is 6.18 Å². The topological polar surface area (TPSA) is 86.8 Å². The van der Waals surface area contributed by atoms with Crippen LogP contribution in [0.3, 0.4) is 0 Å². The van der Waals surface area contributed by atoms with Crippen molar-refractivity contribution in [3.63, 3.8) is 0 Å². The van der Waals surface area contributed by atoms with Gasteiger partial charge in [-0.1, -0.05) is 91.3 Å². The van der Waals surface area contributed by atoms with Crippen LogP contribution in [0.25, 0.3) is 0 Å². The average molecular weight is 652 g/mol. The third-order valence-electron chi connectivity index (χ3n) is 7.33. The molecule has 0 spiro atoms. The number of hydrogen-bond donors (Lipinski definition) is 1. The van der Waals surface area contributed by atoms with Crippen molar-refractivity contribution in [3.05, 3.63) is 131 Å². The molecule has 0 radical (unpaired) electrons. The maximum atomic E-state index is 14.4. The monoisotopic (exact) mass is 651 g/mol. The van der Waals surface area contributed by atoms with E-state index in [0.29, 0.717) is 28.9 Å². The Balaban J connectivity index is 1.83. The number of nitrogens with one attached hydrogen (secondary N) is 1. The number of aryl methyl sites for hydroxylation is 1. The zero-order valence-electron chi connectivity index (χ0n) is 25.6. The van der Waals surface area contributed by atoms with E-state index in [9.17, 15) is 31.2 Å². The number of alkyl halides is 3. The highest BCUT2D eigenvalue weighted by Gasteiger charge is 2.36. The molecule has 4 aromatic carbocycles. The molecule has 0 fully saturated rings. The van der Waals surface area contributed by atoms with E-state index < -0.39 is 46.2 Å². The number of carbonyl (C=O) groups is 2. The molecule has 4 aromatic rings. The van der Waals surface area contributed by atoms with Gasteiger partial charge in [0.2, 0.25) is 11.8 Å². The lowest BCUT2D eigenvalue weighted by Gasteiger charge is -2.34. The molecule has 0 heterocycles. The van der Waals surface area contributed by atoms with Crippen LogP contribution in [0.4, 0.5) is 18.9 Å². The van der Waals surface area contributed by atoms with Crippen LogP contribution in [0.2, 0.25) is 0 Å². The third-order valence-corrected chi connectivity index (χ3v) is 9.12. The summed E-state index contributed by atoms with van der Waals surface area (Å²) in [6.07, 6.45) is -3.98. The van der Waals surface area contributed by atoms with Gasteiger partial charge in [0, 0.05) is 19.5 Å². The SMILES string of the molecule is CCCNC(=O)C(Cc1ccccc1)N(Cc1cccc(C)c1)C(=O)CN(c1cccc(C(F)(F)F)c1)S(=O)(=O)c1ccccc1. The van der Waals surface area contributed by atoms with Crippen molar-refractivity contribution in [2.75, 3.05) is 17.4 Å². The first-order valence-electron chi connectivity index (χ1n) is 14.8. The largest absolute Gasteiger partial charge is 0.416 e. The highest BCUT2D eigenvalue weighted by molar-refractivity contribution is 7.92. The van der Waals surface area contributed by atoms with E-state index in [2.05, 4.69) is 5.32 Å². The van der Waals surface area contributed by atoms with Gasteiger partial charge in [-0.25, -0.2) is 8.42 Å². The van der Waals surface area contributed by atoms with Crippen LogP contribution in [0, 0.1) is 6.92 Å². The summed E-state index contributed by atoms with van der Waals surface area (Å²) in [5, 5.41) is 2.86. The maximum Gasteiger partial charge on any atom is 0.416 e. The van der Waals surface area contributed by atoms with Crippen molar-refractivity contribution < 1.29 is 31.2 Å². The summed E-state index contributed by atoms with van der Waals surface area (Å²) in [6.45, 7) is 3.24. The molecule has 4 rings (SSSR count). The van der Waals surface area contributed by atoms with Crippen LogP contribution in [-0.2, 0) is 38.8 Å². The van der Waals surface area contributed by atoms with Crippen molar-refractivity contribution >= 4 is 27.5 Å². The predicted octanol–water partition coefficient (Wildman–Crippen LogP) is 6.38. The molecule has 46 heavy (non-hydrogen) atoms. The molecule has 7 nitrogen and oxygen atoms in total. The zero-order chi connectivity index (χ0) is 33.3. The predicted molar refractivity (Wildman–Crippen MR) is 171 cm³/mol. The van der Waals surface area contributed by atoms with Crippen LogP contribution in [-0.4, -0.2) is 44.3 Å². The van der Waals surface area contributed by atoms with Gasteiger partial charge in [-0.05, 0) is 54.8 Å². The van der Waals surface area contributed by atoms with E-state index in [1.165, 1.54) is 35.2 Å². The molecule has 0 aliphatic carbocycles. The third kappa shape index (κ3) is 8.75. The second-order valence-corrected chi connectivity index (χ2v) is 12.7. The first kappa shape index (κ1) is 34.2. The van der Waals surface area contributed by atoms with E-state index in [1.807, 2.05) is 62.4 Å². The molecule has 1 atom stereocenters. The maximum absolute atomic E-state index is 14.4. The van der Waals surface area contributed by atoms with Crippen LogP contribution < -0.4 is 9.62 Å². The normalized spacial score (nSPS) is 12.3. The van der Waals surface area contributed by atoms with E-state index >= 15 is 0 Å². The van der Waals surface area contributed by atoms with Gasteiger partial charge in [0.1, 0.15) is 12.6 Å². The number of amides is 2. The number of hydrogen-bond acceptors (Lipinski definition) is 4. The fourth-order valence-corrected chi connectivity index (χ4v) is 6.44. The highest BCUT2D eigenvalue weighted by atomic mass is 32.2. The van der Waals surface area contributed by atoms with Crippen LogP contribution in [0.1, 0.15) is 35.6 Å². The fourth-order valence-electron chi connectivity index (χ4n) is 5.01. The zero-order valence-corrected chi connectivity index (χ0v) is 26.4. The van der Waals surface area contributed by atoms with Crippen LogP contribution in [0.15, 0.2) is 114 Å². The Morgan fingerprint density at radius 3 is 2.09 bits per heavy atom. The number of anilines is 1. The van der Waals surface area contributed by atoms with Crippen molar-refractivity contribution in [2.24, 2.45) is 0 Å². The number of halogens is 3. The lowest BCUT2D eigenvalue weighted by atomic mass is 10.0. The minimum absolute atomic E-state index is 0.0423. The molecular formula is C35H36F3N3O4S. The average Bonchev–Trinajstić information content (AvgIpc) is 3.04. The van der Waals surface area contributed by atoms with E-state index in [1.54, 1.807) is 12.1 Å². The molecule has 0 aliphatic heterocycles. The van der Waals surface area contributed by atoms with Gasteiger partial charge in [0.05, 0.1) is 16.1 Å². The van der Waals surface area contributed by atoms with Gasteiger partial charge in [-0.3, -0.25) is 13.9 Å². The number of rotatable bonds is 13.